The minimum absolute atomic E-state index is 0.592. The van der Waals surface area contributed by atoms with Gasteiger partial charge in [-0.25, -0.2) is 0 Å². The molecule has 0 bridgehead atoms. The Morgan fingerprint density at radius 1 is 0.632 bits per heavy atom. The molecule has 0 aromatic heterocycles. The Labute approximate surface area is 354 Å². The van der Waals surface area contributed by atoms with Crippen LogP contribution in [0.2, 0.25) is 0 Å². The quantitative estimate of drug-likeness (QED) is 0.137. The highest BCUT2D eigenvalue weighted by Gasteiger charge is 2.42. The summed E-state index contributed by atoms with van der Waals surface area (Å²) in [5, 5.41) is 4.25. The van der Waals surface area contributed by atoms with Crippen molar-refractivity contribution in [3.63, 3.8) is 0 Å². The maximum absolute atomic E-state index is 4.25. The maximum Gasteiger partial charge on any atom is 0.0253 e. The SMILES string of the molecule is CCCCCC(CC)C1=C2CCCCC2C(/C(CNC2C=CCCC2)=C2\CCCCC2C(C)C2CCC(C3CCC([C@@H]4CCC5CCCCC5C4)CC3)CC2)CC1. The molecule has 0 heterocycles. The van der Waals surface area contributed by atoms with Crippen LogP contribution < -0.4 is 5.32 Å². The van der Waals surface area contributed by atoms with Crippen LogP contribution in [0.4, 0.5) is 0 Å². The fraction of sp³-hybridized carbons (Fsp3) is 0.893. The van der Waals surface area contributed by atoms with E-state index in [1.165, 1.54) is 135 Å². The number of fused-ring (bicyclic) bond motifs is 2. The first-order valence-electron chi connectivity index (χ1n) is 26.9. The van der Waals surface area contributed by atoms with Crippen molar-refractivity contribution in [2.45, 2.75) is 239 Å². The van der Waals surface area contributed by atoms with Crippen molar-refractivity contribution in [3.05, 3.63) is 34.4 Å². The lowest BCUT2D eigenvalue weighted by molar-refractivity contribution is 0.0611. The van der Waals surface area contributed by atoms with Gasteiger partial charge in [-0.3, -0.25) is 0 Å². The summed E-state index contributed by atoms with van der Waals surface area (Å²) in [4.78, 5) is 0. The molecule has 0 radical (unpaired) electrons. The zero-order valence-electron chi connectivity index (χ0n) is 38.2. The summed E-state index contributed by atoms with van der Waals surface area (Å²) in [6, 6.07) is 0.592. The van der Waals surface area contributed by atoms with Crippen LogP contribution in [0, 0.1) is 71.0 Å². The van der Waals surface area contributed by atoms with Gasteiger partial charge in [-0.05, 0) is 225 Å². The second-order valence-electron chi connectivity index (χ2n) is 22.5. The standard InChI is InChI=1S/C56H93N/c1-4-6-8-17-41(5-2)51-36-37-55(54-25-16-15-24-53(51)54)56(39-57-49-20-9-7-10-21-49)52-23-14-13-22-50(52)40(3)42-26-28-44(29-27-42)45-30-32-46(33-31-45)48-35-34-43-18-11-12-19-47(43)38-48/h9,20,40-50,54-55,57H,4-8,10-19,21-39H2,1-3H3/b56-52+/t40?,41?,42?,43?,44?,45?,46?,47?,48-,49?,50?,54?,55?/m1/s1. The summed E-state index contributed by atoms with van der Waals surface area (Å²) in [5.41, 5.74) is 7.96. The zero-order valence-corrected chi connectivity index (χ0v) is 38.2. The lowest BCUT2D eigenvalue weighted by Crippen LogP contribution is -2.38. The number of hydrogen-bond donors (Lipinski definition) is 1. The van der Waals surface area contributed by atoms with E-state index in [1.807, 2.05) is 22.3 Å². The predicted molar refractivity (Wildman–Crippen MR) is 246 cm³/mol. The first-order valence-corrected chi connectivity index (χ1v) is 26.9. The Bertz CT molecular complexity index is 1320. The minimum atomic E-state index is 0.592. The fourth-order valence-electron chi connectivity index (χ4n) is 16.3. The van der Waals surface area contributed by atoms with Gasteiger partial charge in [-0.1, -0.05) is 113 Å². The number of nitrogens with one attached hydrogen (secondary N) is 1. The van der Waals surface area contributed by atoms with Gasteiger partial charge < -0.3 is 5.32 Å². The van der Waals surface area contributed by atoms with Crippen molar-refractivity contribution in [2.24, 2.45) is 71.0 Å². The average molecular weight is 780 g/mol. The first-order chi connectivity index (χ1) is 28.1. The van der Waals surface area contributed by atoms with Gasteiger partial charge in [0.1, 0.15) is 0 Å². The lowest BCUT2D eigenvalue weighted by Gasteiger charge is -2.46. The number of rotatable bonds is 14. The second-order valence-corrected chi connectivity index (χ2v) is 22.5. The minimum Gasteiger partial charge on any atom is -0.307 e. The van der Waals surface area contributed by atoms with E-state index in [0.717, 1.165) is 71.0 Å². The number of unbranched alkanes of at least 4 members (excludes halogenated alkanes) is 2. The molecule has 6 fully saturated rings. The smallest absolute Gasteiger partial charge is 0.0253 e. The van der Waals surface area contributed by atoms with E-state index in [9.17, 15) is 0 Å². The molecule has 8 aliphatic carbocycles. The summed E-state index contributed by atoms with van der Waals surface area (Å²) < 4.78 is 0. The van der Waals surface area contributed by atoms with Crippen molar-refractivity contribution < 1.29 is 0 Å². The highest BCUT2D eigenvalue weighted by Crippen LogP contribution is 2.54. The molecule has 322 valence electrons. The molecule has 57 heavy (non-hydrogen) atoms. The summed E-state index contributed by atoms with van der Waals surface area (Å²) in [5.74, 6) is 11.7. The Morgan fingerprint density at radius 3 is 2.02 bits per heavy atom. The topological polar surface area (TPSA) is 12.0 Å². The van der Waals surface area contributed by atoms with E-state index in [4.69, 9.17) is 0 Å². The maximum atomic E-state index is 4.25. The van der Waals surface area contributed by atoms with Crippen LogP contribution in [0.1, 0.15) is 233 Å². The van der Waals surface area contributed by atoms with Gasteiger partial charge in [-0.15, -0.1) is 0 Å². The van der Waals surface area contributed by atoms with Crippen LogP contribution in [-0.4, -0.2) is 12.6 Å². The van der Waals surface area contributed by atoms with E-state index in [2.05, 4.69) is 38.2 Å². The fourth-order valence-corrected chi connectivity index (χ4v) is 16.3. The van der Waals surface area contributed by atoms with Gasteiger partial charge in [0.25, 0.3) is 0 Å². The largest absolute Gasteiger partial charge is 0.307 e. The first kappa shape index (κ1) is 42.9. The van der Waals surface area contributed by atoms with E-state index in [0.29, 0.717) is 6.04 Å². The van der Waals surface area contributed by atoms with E-state index >= 15 is 0 Å². The van der Waals surface area contributed by atoms with E-state index < -0.39 is 0 Å². The molecule has 8 aliphatic rings. The highest BCUT2D eigenvalue weighted by molar-refractivity contribution is 5.33. The van der Waals surface area contributed by atoms with Crippen molar-refractivity contribution in [3.8, 4) is 0 Å². The van der Waals surface area contributed by atoms with Gasteiger partial charge >= 0.3 is 0 Å². The molecule has 1 heteroatoms. The van der Waals surface area contributed by atoms with Crippen LogP contribution in [0.15, 0.2) is 34.4 Å². The van der Waals surface area contributed by atoms with Crippen LogP contribution in [0.3, 0.4) is 0 Å². The van der Waals surface area contributed by atoms with Crippen LogP contribution >= 0.6 is 0 Å². The third kappa shape index (κ3) is 10.5. The van der Waals surface area contributed by atoms with Crippen LogP contribution in [0.5, 0.6) is 0 Å². The van der Waals surface area contributed by atoms with Crippen LogP contribution in [0.25, 0.3) is 0 Å². The summed E-state index contributed by atoms with van der Waals surface area (Å²) in [6.45, 7) is 8.85. The Balaban J connectivity index is 0.937. The van der Waals surface area contributed by atoms with E-state index in [-0.39, 0.29) is 0 Å². The van der Waals surface area contributed by atoms with Crippen molar-refractivity contribution >= 4 is 0 Å². The second kappa shape index (κ2) is 21.3. The monoisotopic (exact) mass is 780 g/mol. The van der Waals surface area contributed by atoms with Gasteiger partial charge in [0.05, 0.1) is 0 Å². The van der Waals surface area contributed by atoms with Crippen molar-refractivity contribution in [1.82, 2.24) is 5.32 Å². The molecule has 1 N–H and O–H groups in total. The number of hydrogen-bond acceptors (Lipinski definition) is 1. The van der Waals surface area contributed by atoms with Crippen molar-refractivity contribution in [1.29, 1.82) is 0 Å². The highest BCUT2D eigenvalue weighted by atomic mass is 14.9. The third-order valence-corrected chi connectivity index (χ3v) is 19.7. The Hall–Kier alpha value is -0.820. The molecule has 8 unspecified atom stereocenters. The molecule has 1 nitrogen and oxygen atoms in total. The normalized spacial score (nSPS) is 39.9. The van der Waals surface area contributed by atoms with E-state index in [1.54, 1.807) is 83.5 Å². The molecule has 9 atom stereocenters. The van der Waals surface area contributed by atoms with Crippen molar-refractivity contribution in [2.75, 3.05) is 6.54 Å². The molecule has 0 spiro atoms. The molecular formula is C56H93N. The third-order valence-electron chi connectivity index (χ3n) is 19.7. The molecule has 0 saturated heterocycles. The van der Waals surface area contributed by atoms with Gasteiger partial charge in [-0.2, -0.15) is 0 Å². The molecule has 8 rings (SSSR count). The summed E-state index contributed by atoms with van der Waals surface area (Å²) in [7, 11) is 0. The molecule has 0 aromatic carbocycles. The Kier molecular flexibility index (Phi) is 16.0. The lowest BCUT2D eigenvalue weighted by atomic mass is 9.59. The van der Waals surface area contributed by atoms with Crippen LogP contribution in [-0.2, 0) is 0 Å². The zero-order chi connectivity index (χ0) is 39.0. The molecular weight excluding hydrogens is 687 g/mol. The molecule has 0 amide bonds. The average Bonchev–Trinajstić information content (AvgIpc) is 3.28. The number of allylic oxidation sites excluding steroid dienone is 4. The van der Waals surface area contributed by atoms with Gasteiger partial charge in [0, 0.05) is 12.6 Å². The van der Waals surface area contributed by atoms with Gasteiger partial charge in [0.15, 0.2) is 0 Å². The van der Waals surface area contributed by atoms with Gasteiger partial charge in [0.2, 0.25) is 0 Å². The summed E-state index contributed by atoms with van der Waals surface area (Å²) in [6.07, 6.45) is 54.1. The molecule has 6 saturated carbocycles. The Morgan fingerprint density at radius 2 is 1.28 bits per heavy atom. The summed E-state index contributed by atoms with van der Waals surface area (Å²) >= 11 is 0. The molecule has 0 aromatic rings. The predicted octanol–water partition coefficient (Wildman–Crippen LogP) is 16.5. The molecule has 0 aliphatic heterocycles.